The summed E-state index contributed by atoms with van der Waals surface area (Å²) in [6.45, 7) is 1.92. The summed E-state index contributed by atoms with van der Waals surface area (Å²) in [6.07, 6.45) is 5.55. The molecule has 2 aliphatic heterocycles. The number of carbonyl (C=O) groups is 1. The zero-order valence-electron chi connectivity index (χ0n) is 15.4. The molecule has 1 aromatic carbocycles. The monoisotopic (exact) mass is 372 g/mol. The first-order chi connectivity index (χ1) is 13.7. The third-order valence-electron chi connectivity index (χ3n) is 5.77. The van der Waals surface area contributed by atoms with Crippen LogP contribution in [0.4, 0.5) is 0 Å². The highest BCUT2D eigenvalue weighted by Crippen LogP contribution is 2.40. The summed E-state index contributed by atoms with van der Waals surface area (Å²) in [5, 5.41) is 0. The lowest BCUT2D eigenvalue weighted by atomic mass is 9.80. The van der Waals surface area contributed by atoms with Gasteiger partial charge in [-0.1, -0.05) is 30.3 Å². The topological polar surface area (TPSA) is 68.1 Å². The second-order valence-corrected chi connectivity index (χ2v) is 7.58. The number of nitrogens with zero attached hydrogens (tertiary/aromatic N) is 4. The zero-order chi connectivity index (χ0) is 19.1. The van der Waals surface area contributed by atoms with Gasteiger partial charge in [0.25, 0.3) is 11.5 Å². The molecule has 0 N–H and O–H groups in total. The van der Waals surface area contributed by atoms with Crippen molar-refractivity contribution < 1.29 is 4.79 Å². The molecule has 140 valence electrons. The van der Waals surface area contributed by atoms with Crippen molar-refractivity contribution in [3.8, 4) is 11.1 Å². The SMILES string of the molecule is O=C(c1cncnc1)N1C[C@@H]2C[C@@H](C1)c1c(-c3ccccc3)ccc(=O)n1C2. The van der Waals surface area contributed by atoms with Crippen LogP contribution in [0.1, 0.15) is 28.4 Å². The molecule has 5 rings (SSSR count). The Labute approximate surface area is 162 Å². The first-order valence-corrected chi connectivity index (χ1v) is 9.54. The Bertz CT molecular complexity index is 1080. The van der Waals surface area contributed by atoms with E-state index in [4.69, 9.17) is 0 Å². The van der Waals surface area contributed by atoms with E-state index in [1.807, 2.05) is 33.7 Å². The van der Waals surface area contributed by atoms with Crippen molar-refractivity contribution in [3.05, 3.63) is 82.8 Å². The van der Waals surface area contributed by atoms with Crippen LogP contribution in [0.3, 0.4) is 0 Å². The van der Waals surface area contributed by atoms with Gasteiger partial charge in [0.15, 0.2) is 0 Å². The Hall–Kier alpha value is -3.28. The fourth-order valence-corrected chi connectivity index (χ4v) is 4.63. The number of fused-ring (bicyclic) bond motifs is 4. The van der Waals surface area contributed by atoms with E-state index in [0.717, 1.165) is 23.2 Å². The van der Waals surface area contributed by atoms with E-state index in [-0.39, 0.29) is 23.3 Å². The Morgan fingerprint density at radius 1 is 0.964 bits per heavy atom. The van der Waals surface area contributed by atoms with Crippen LogP contribution in [-0.4, -0.2) is 38.4 Å². The fraction of sp³-hybridized carbons (Fsp3) is 0.273. The summed E-state index contributed by atoms with van der Waals surface area (Å²) in [7, 11) is 0. The average Bonchev–Trinajstić information content (AvgIpc) is 2.75. The molecule has 2 aliphatic rings. The molecule has 28 heavy (non-hydrogen) atoms. The number of aromatic nitrogens is 3. The number of amides is 1. The molecule has 0 spiro atoms. The maximum atomic E-state index is 12.9. The molecule has 4 heterocycles. The molecule has 0 radical (unpaired) electrons. The minimum Gasteiger partial charge on any atom is -0.338 e. The van der Waals surface area contributed by atoms with Gasteiger partial charge in [-0.2, -0.15) is 0 Å². The van der Waals surface area contributed by atoms with Gasteiger partial charge in [0.2, 0.25) is 0 Å². The quantitative estimate of drug-likeness (QED) is 0.693. The third-order valence-corrected chi connectivity index (χ3v) is 5.77. The zero-order valence-corrected chi connectivity index (χ0v) is 15.4. The molecule has 6 heteroatoms. The number of likely N-dealkylation sites (tertiary alicyclic amines) is 1. The van der Waals surface area contributed by atoms with E-state index in [2.05, 4.69) is 22.1 Å². The first-order valence-electron chi connectivity index (χ1n) is 9.54. The molecular weight excluding hydrogens is 352 g/mol. The van der Waals surface area contributed by atoms with Crippen LogP contribution in [0, 0.1) is 5.92 Å². The molecule has 2 aromatic heterocycles. The second-order valence-electron chi connectivity index (χ2n) is 7.58. The van der Waals surface area contributed by atoms with Gasteiger partial charge in [0.1, 0.15) is 6.33 Å². The van der Waals surface area contributed by atoms with E-state index in [1.165, 1.54) is 6.33 Å². The van der Waals surface area contributed by atoms with E-state index >= 15 is 0 Å². The van der Waals surface area contributed by atoms with Gasteiger partial charge in [0, 0.05) is 55.3 Å². The Morgan fingerprint density at radius 2 is 1.75 bits per heavy atom. The molecule has 1 saturated heterocycles. The van der Waals surface area contributed by atoms with Crippen molar-refractivity contribution in [2.24, 2.45) is 5.92 Å². The van der Waals surface area contributed by atoms with Crippen LogP contribution < -0.4 is 5.56 Å². The molecule has 3 aromatic rings. The maximum absolute atomic E-state index is 12.9. The van der Waals surface area contributed by atoms with Crippen LogP contribution in [0.15, 0.2) is 66.0 Å². The van der Waals surface area contributed by atoms with Gasteiger partial charge in [-0.05, 0) is 24.0 Å². The first kappa shape index (κ1) is 16.9. The van der Waals surface area contributed by atoms with Gasteiger partial charge < -0.3 is 9.47 Å². The van der Waals surface area contributed by atoms with Crippen LogP contribution in [0.2, 0.25) is 0 Å². The van der Waals surface area contributed by atoms with Crippen molar-refractivity contribution in [3.63, 3.8) is 0 Å². The second kappa shape index (κ2) is 6.71. The highest BCUT2D eigenvalue weighted by atomic mass is 16.2. The van der Waals surface area contributed by atoms with Crippen molar-refractivity contribution in [2.45, 2.75) is 18.9 Å². The minimum atomic E-state index is -0.0386. The molecule has 2 atom stereocenters. The van der Waals surface area contributed by atoms with E-state index in [9.17, 15) is 9.59 Å². The Morgan fingerprint density at radius 3 is 2.54 bits per heavy atom. The molecule has 0 aliphatic carbocycles. The number of pyridine rings is 1. The summed E-state index contributed by atoms with van der Waals surface area (Å²) in [4.78, 5) is 35.4. The molecule has 0 saturated carbocycles. The summed E-state index contributed by atoms with van der Waals surface area (Å²) in [6, 6.07) is 13.7. The van der Waals surface area contributed by atoms with Gasteiger partial charge in [0.05, 0.1) is 5.56 Å². The lowest BCUT2D eigenvalue weighted by Crippen LogP contribution is -2.49. The Kier molecular flexibility index (Phi) is 4.04. The Balaban J connectivity index is 1.55. The van der Waals surface area contributed by atoms with E-state index < -0.39 is 0 Å². The predicted octanol–water partition coefficient (Wildman–Crippen LogP) is 2.56. The van der Waals surface area contributed by atoms with Crippen LogP contribution in [-0.2, 0) is 6.54 Å². The largest absolute Gasteiger partial charge is 0.338 e. The molecule has 2 bridgehead atoms. The summed E-state index contributed by atoms with van der Waals surface area (Å²) >= 11 is 0. The number of piperidine rings is 1. The summed E-state index contributed by atoms with van der Waals surface area (Å²) in [5.74, 6) is 0.386. The normalized spacial score (nSPS) is 20.5. The minimum absolute atomic E-state index is 0.0386. The van der Waals surface area contributed by atoms with Gasteiger partial charge in [-0.3, -0.25) is 9.59 Å². The van der Waals surface area contributed by atoms with Gasteiger partial charge >= 0.3 is 0 Å². The lowest BCUT2D eigenvalue weighted by molar-refractivity contribution is 0.0594. The van der Waals surface area contributed by atoms with E-state index in [1.54, 1.807) is 18.5 Å². The van der Waals surface area contributed by atoms with Gasteiger partial charge in [-0.25, -0.2) is 9.97 Å². The van der Waals surface area contributed by atoms with Crippen molar-refractivity contribution in [1.29, 1.82) is 0 Å². The number of benzene rings is 1. The molecule has 1 fully saturated rings. The molecular formula is C22H20N4O2. The molecule has 6 nitrogen and oxygen atoms in total. The number of hydrogen-bond donors (Lipinski definition) is 0. The number of hydrogen-bond acceptors (Lipinski definition) is 4. The summed E-state index contributed by atoms with van der Waals surface area (Å²) in [5.41, 5.74) is 3.79. The van der Waals surface area contributed by atoms with Gasteiger partial charge in [-0.15, -0.1) is 0 Å². The van der Waals surface area contributed by atoms with Crippen LogP contribution in [0.25, 0.3) is 11.1 Å². The highest BCUT2D eigenvalue weighted by molar-refractivity contribution is 5.93. The highest BCUT2D eigenvalue weighted by Gasteiger charge is 2.38. The fourth-order valence-electron chi connectivity index (χ4n) is 4.63. The number of carbonyl (C=O) groups excluding carboxylic acids is 1. The third kappa shape index (κ3) is 2.81. The predicted molar refractivity (Wildman–Crippen MR) is 105 cm³/mol. The lowest BCUT2D eigenvalue weighted by Gasteiger charge is -2.43. The smallest absolute Gasteiger partial charge is 0.257 e. The summed E-state index contributed by atoms with van der Waals surface area (Å²) < 4.78 is 1.93. The standard InChI is InChI=1S/C22H20N4O2/c27-20-7-6-19(16-4-2-1-3-5-16)21-17-8-15(12-26(20)21)11-25(13-17)22(28)18-9-23-14-24-10-18/h1-7,9-10,14-15,17H,8,11-13H2/t15-,17-/m0/s1. The van der Waals surface area contributed by atoms with Crippen LogP contribution in [0.5, 0.6) is 0 Å². The van der Waals surface area contributed by atoms with Crippen LogP contribution >= 0.6 is 0 Å². The molecule has 0 unspecified atom stereocenters. The number of rotatable bonds is 2. The molecule has 1 amide bonds. The van der Waals surface area contributed by atoms with Crippen molar-refractivity contribution in [1.82, 2.24) is 19.4 Å². The van der Waals surface area contributed by atoms with Crippen molar-refractivity contribution >= 4 is 5.91 Å². The van der Waals surface area contributed by atoms with E-state index in [0.29, 0.717) is 25.2 Å². The maximum Gasteiger partial charge on any atom is 0.257 e. The van der Waals surface area contributed by atoms with Crippen molar-refractivity contribution in [2.75, 3.05) is 13.1 Å². The average molecular weight is 372 g/mol.